The molecule has 0 saturated heterocycles. The first kappa shape index (κ1) is 71.9. The van der Waals surface area contributed by atoms with Gasteiger partial charge < -0.3 is 24.2 Å². The number of carbonyl (C=O) groups is 3. The van der Waals surface area contributed by atoms with Gasteiger partial charge in [-0.1, -0.05) is 219 Å². The molecule has 432 valence electrons. The first-order chi connectivity index (χ1) is 37.2. The smallest absolute Gasteiger partial charge is 0.462 e. The highest BCUT2D eigenvalue weighted by Crippen LogP contribution is 2.43. The SMILES string of the molecule is CC/C=C\C/C=C\C/C=C\C/C=C\C/C=C\CC(=O)OC(CO)COP(=O)(O)OCC(COC(=O)CCCCCCC/C=C\CCCCCCCC)OC(=O)CCCCCCCC/C=C\C/C=C\C/C=C\C/C=C\CC. The minimum atomic E-state index is -4.79. The summed E-state index contributed by atoms with van der Waals surface area (Å²) in [6.45, 7) is 4.27. The van der Waals surface area contributed by atoms with Crippen molar-refractivity contribution in [3.05, 3.63) is 122 Å². The first-order valence-corrected chi connectivity index (χ1v) is 30.9. The zero-order chi connectivity index (χ0) is 55.5. The van der Waals surface area contributed by atoms with Crippen LogP contribution in [-0.2, 0) is 42.2 Å². The van der Waals surface area contributed by atoms with Crippen LogP contribution in [0.4, 0.5) is 0 Å². The fourth-order valence-corrected chi connectivity index (χ4v) is 8.26. The normalized spacial score (nSPS) is 14.2. The highest BCUT2D eigenvalue weighted by atomic mass is 31.2. The van der Waals surface area contributed by atoms with Crippen molar-refractivity contribution in [3.8, 4) is 0 Å². The minimum absolute atomic E-state index is 0.0619. The van der Waals surface area contributed by atoms with Crippen LogP contribution in [0.3, 0.4) is 0 Å². The van der Waals surface area contributed by atoms with Gasteiger partial charge in [-0.15, -0.1) is 0 Å². The van der Waals surface area contributed by atoms with E-state index < -0.39 is 57.8 Å². The van der Waals surface area contributed by atoms with E-state index in [1.54, 1.807) is 6.08 Å². The molecule has 12 heteroatoms. The molecule has 0 aromatic heterocycles. The lowest BCUT2D eigenvalue weighted by Crippen LogP contribution is -2.30. The number of rotatable bonds is 53. The Hall–Kier alpha value is -4.12. The van der Waals surface area contributed by atoms with E-state index in [9.17, 15) is 28.9 Å². The minimum Gasteiger partial charge on any atom is -0.462 e. The van der Waals surface area contributed by atoms with Crippen LogP contribution in [0.5, 0.6) is 0 Å². The number of phosphoric acid groups is 1. The molecule has 0 spiro atoms. The van der Waals surface area contributed by atoms with Gasteiger partial charge in [-0.2, -0.15) is 0 Å². The van der Waals surface area contributed by atoms with Gasteiger partial charge in [-0.25, -0.2) is 4.57 Å². The Morgan fingerprint density at radius 1 is 0.395 bits per heavy atom. The predicted octanol–water partition coefficient (Wildman–Crippen LogP) is 17.6. The molecule has 0 saturated carbocycles. The number of aliphatic hydroxyl groups excluding tert-OH is 1. The summed E-state index contributed by atoms with van der Waals surface area (Å²) in [4.78, 5) is 48.5. The molecule has 0 heterocycles. The summed E-state index contributed by atoms with van der Waals surface area (Å²) in [5.74, 6) is -1.64. The van der Waals surface area contributed by atoms with Crippen molar-refractivity contribution < 1.29 is 52.2 Å². The van der Waals surface area contributed by atoms with Gasteiger partial charge in [-0.3, -0.25) is 23.4 Å². The van der Waals surface area contributed by atoms with E-state index in [0.717, 1.165) is 128 Å². The lowest BCUT2D eigenvalue weighted by atomic mass is 10.1. The van der Waals surface area contributed by atoms with Crippen LogP contribution in [0.1, 0.15) is 226 Å². The Kier molecular flexibility index (Phi) is 54.0. The van der Waals surface area contributed by atoms with Crippen molar-refractivity contribution >= 4 is 25.7 Å². The van der Waals surface area contributed by atoms with Crippen molar-refractivity contribution in [2.75, 3.05) is 26.4 Å². The number of unbranched alkanes of at least 4 members (excludes halogenated alkanes) is 17. The Labute approximate surface area is 462 Å². The third-order valence-electron chi connectivity index (χ3n) is 11.9. The zero-order valence-corrected chi connectivity index (χ0v) is 48.6. The summed E-state index contributed by atoms with van der Waals surface area (Å²) in [5.41, 5.74) is 0. The highest BCUT2D eigenvalue weighted by molar-refractivity contribution is 7.47. The summed E-state index contributed by atoms with van der Waals surface area (Å²) >= 11 is 0. The second-order valence-corrected chi connectivity index (χ2v) is 20.5. The van der Waals surface area contributed by atoms with Gasteiger partial charge >= 0.3 is 25.7 Å². The van der Waals surface area contributed by atoms with Gasteiger partial charge in [0.15, 0.2) is 6.10 Å². The molecule has 0 radical (unpaired) electrons. The quantitative estimate of drug-likeness (QED) is 0.0197. The maximum atomic E-state index is 12.9. The molecule has 0 amide bonds. The van der Waals surface area contributed by atoms with Crippen LogP contribution < -0.4 is 0 Å². The lowest BCUT2D eigenvalue weighted by molar-refractivity contribution is -0.161. The third-order valence-corrected chi connectivity index (χ3v) is 12.8. The van der Waals surface area contributed by atoms with E-state index in [1.807, 2.05) is 18.2 Å². The predicted molar refractivity (Wildman–Crippen MR) is 316 cm³/mol. The summed E-state index contributed by atoms with van der Waals surface area (Å²) in [6.07, 6.45) is 70.4. The molecule has 3 atom stereocenters. The molecule has 0 aliphatic rings. The van der Waals surface area contributed by atoms with Crippen LogP contribution in [-0.4, -0.2) is 66.5 Å². The number of allylic oxidation sites excluding steroid dienone is 19. The first-order valence-electron chi connectivity index (χ1n) is 29.4. The maximum Gasteiger partial charge on any atom is 0.472 e. The van der Waals surface area contributed by atoms with Crippen LogP contribution in [0.15, 0.2) is 122 Å². The van der Waals surface area contributed by atoms with Crippen LogP contribution >= 0.6 is 7.82 Å². The molecule has 76 heavy (non-hydrogen) atoms. The third kappa shape index (κ3) is 54.7. The molecule has 0 aromatic rings. The van der Waals surface area contributed by atoms with Gasteiger partial charge in [0.2, 0.25) is 0 Å². The average molecular weight is 1080 g/mol. The largest absolute Gasteiger partial charge is 0.472 e. The monoisotopic (exact) mass is 1080 g/mol. The molecule has 0 bridgehead atoms. The Morgan fingerprint density at radius 3 is 1.17 bits per heavy atom. The van der Waals surface area contributed by atoms with E-state index in [1.165, 1.54) is 38.5 Å². The number of esters is 3. The van der Waals surface area contributed by atoms with Crippen LogP contribution in [0.2, 0.25) is 0 Å². The molecule has 0 aliphatic carbocycles. The standard InChI is InChI=1S/C64H105O11P/c1-4-7-10-13-16-19-22-25-28-29-30-31-34-37-40-43-46-49-52-55-64(68)75-61(57-71-62(66)53-50-47-44-41-38-35-32-26-23-20-17-14-11-8-5-2)59-73-76(69,70)72-58-60(56-65)74-63(67)54-51-48-45-42-39-36-33-27-24-21-18-15-12-9-6-3/h7,9-10,12,16,18-19,21,25-28,30-33,39,42,48,51,60-61,65H,4-6,8,11,13-15,17,20,22-24,29,34-38,40-41,43-47,49-50,52-59H2,1-3H3,(H,69,70)/b10-7-,12-9-,19-16-,21-18-,28-25-,31-30-,32-26-,33-27-,42-39-,51-48-. The topological polar surface area (TPSA) is 155 Å². The number of ether oxygens (including phenoxy) is 3. The van der Waals surface area contributed by atoms with Gasteiger partial charge in [0.05, 0.1) is 26.2 Å². The van der Waals surface area contributed by atoms with Crippen molar-refractivity contribution in [2.24, 2.45) is 0 Å². The second kappa shape index (κ2) is 57.1. The molecular weight excluding hydrogens is 976 g/mol. The fourth-order valence-electron chi connectivity index (χ4n) is 7.48. The van der Waals surface area contributed by atoms with Crippen molar-refractivity contribution in [2.45, 2.75) is 238 Å². The number of carbonyl (C=O) groups excluding carboxylic acids is 3. The van der Waals surface area contributed by atoms with Crippen molar-refractivity contribution in [1.29, 1.82) is 0 Å². The van der Waals surface area contributed by atoms with Crippen molar-refractivity contribution in [3.63, 3.8) is 0 Å². The highest BCUT2D eigenvalue weighted by Gasteiger charge is 2.28. The molecule has 0 fully saturated rings. The molecule has 0 aromatic carbocycles. The average Bonchev–Trinajstić information content (AvgIpc) is 3.41. The number of aliphatic hydroxyl groups is 1. The summed E-state index contributed by atoms with van der Waals surface area (Å²) in [7, 11) is -4.79. The lowest BCUT2D eigenvalue weighted by Gasteiger charge is -2.21. The second-order valence-electron chi connectivity index (χ2n) is 19.1. The van der Waals surface area contributed by atoms with E-state index in [0.29, 0.717) is 19.3 Å². The molecule has 2 N–H and O–H groups in total. The number of phosphoric ester groups is 1. The van der Waals surface area contributed by atoms with E-state index in [4.69, 9.17) is 23.3 Å². The van der Waals surface area contributed by atoms with Gasteiger partial charge in [0.25, 0.3) is 0 Å². The van der Waals surface area contributed by atoms with Gasteiger partial charge in [-0.05, 0) is 109 Å². The summed E-state index contributed by atoms with van der Waals surface area (Å²) in [6, 6.07) is 0. The Bertz CT molecular complexity index is 1740. The zero-order valence-electron chi connectivity index (χ0n) is 47.7. The maximum absolute atomic E-state index is 12.9. The summed E-state index contributed by atoms with van der Waals surface area (Å²) in [5, 5.41) is 9.80. The van der Waals surface area contributed by atoms with Gasteiger partial charge in [0, 0.05) is 12.8 Å². The Balaban J connectivity index is 4.85. The molecular formula is C64H105O11P. The Morgan fingerprint density at radius 2 is 0.737 bits per heavy atom. The number of hydrogen-bond donors (Lipinski definition) is 2. The molecule has 3 unspecified atom stereocenters. The van der Waals surface area contributed by atoms with Crippen LogP contribution in [0.25, 0.3) is 0 Å². The van der Waals surface area contributed by atoms with Gasteiger partial charge in [0.1, 0.15) is 12.7 Å². The van der Waals surface area contributed by atoms with E-state index in [2.05, 4.69) is 118 Å². The van der Waals surface area contributed by atoms with E-state index >= 15 is 0 Å². The summed E-state index contributed by atoms with van der Waals surface area (Å²) < 4.78 is 39.4. The fraction of sp³-hybridized carbons (Fsp3) is 0.641. The molecule has 11 nitrogen and oxygen atoms in total. The number of hydrogen-bond acceptors (Lipinski definition) is 10. The molecule has 0 aliphatic heterocycles. The van der Waals surface area contributed by atoms with Crippen molar-refractivity contribution in [1.82, 2.24) is 0 Å². The van der Waals surface area contributed by atoms with E-state index in [-0.39, 0.29) is 25.9 Å². The van der Waals surface area contributed by atoms with Crippen LogP contribution in [0, 0.1) is 0 Å². The molecule has 0 rings (SSSR count).